The van der Waals surface area contributed by atoms with Crippen LogP contribution in [0.15, 0.2) is 23.2 Å². The Bertz CT molecular complexity index is 508. The molecule has 1 heterocycles. The van der Waals surface area contributed by atoms with Crippen LogP contribution in [0, 0.1) is 11.6 Å². The lowest BCUT2D eigenvalue weighted by Gasteiger charge is -2.24. The van der Waals surface area contributed by atoms with Gasteiger partial charge in [-0.05, 0) is 55.7 Å². The molecular formula is C16H24F2IN3S. The molecular weight excluding hydrogens is 431 g/mol. The highest BCUT2D eigenvalue weighted by atomic mass is 127. The van der Waals surface area contributed by atoms with E-state index in [1.807, 2.05) is 18.7 Å². The van der Waals surface area contributed by atoms with E-state index in [1.165, 1.54) is 18.2 Å². The lowest BCUT2D eigenvalue weighted by atomic mass is 10.1. The predicted molar refractivity (Wildman–Crippen MR) is 105 cm³/mol. The van der Waals surface area contributed by atoms with Gasteiger partial charge in [-0.3, -0.25) is 4.99 Å². The van der Waals surface area contributed by atoms with Crippen LogP contribution in [0.2, 0.25) is 0 Å². The average Bonchev–Trinajstić information content (AvgIpc) is 2.52. The zero-order valence-corrected chi connectivity index (χ0v) is 16.4. The third-order valence-corrected chi connectivity index (χ3v) is 4.72. The van der Waals surface area contributed by atoms with Crippen molar-refractivity contribution >= 4 is 41.7 Å². The Kier molecular flexibility index (Phi) is 9.85. The lowest BCUT2D eigenvalue weighted by Crippen LogP contribution is -2.45. The molecule has 3 nitrogen and oxygen atoms in total. The highest BCUT2D eigenvalue weighted by molar-refractivity contribution is 14.0. The van der Waals surface area contributed by atoms with Gasteiger partial charge in [-0.25, -0.2) is 8.78 Å². The normalized spacial score (nSPS) is 18.2. The lowest BCUT2D eigenvalue weighted by molar-refractivity contribution is 0.579. The van der Waals surface area contributed by atoms with Crippen LogP contribution in [0.5, 0.6) is 0 Å². The fraction of sp³-hybridized carbons (Fsp3) is 0.562. The number of hydrogen-bond donors (Lipinski definition) is 2. The van der Waals surface area contributed by atoms with Crippen molar-refractivity contribution in [3.05, 3.63) is 35.4 Å². The Balaban J connectivity index is 0.00000264. The number of aliphatic imine (C=N–C) groups is 1. The summed E-state index contributed by atoms with van der Waals surface area (Å²) in [6.07, 6.45) is 2.76. The number of halogens is 3. The number of guanidine groups is 1. The molecule has 0 bridgehead atoms. The minimum Gasteiger partial charge on any atom is -0.357 e. The smallest absolute Gasteiger partial charge is 0.191 e. The summed E-state index contributed by atoms with van der Waals surface area (Å²) >= 11 is 1.95. The molecule has 1 aliphatic rings. The first-order valence-corrected chi connectivity index (χ1v) is 8.91. The first kappa shape index (κ1) is 20.5. The molecule has 1 aromatic rings. The van der Waals surface area contributed by atoms with Crippen molar-refractivity contribution in [2.24, 2.45) is 4.99 Å². The van der Waals surface area contributed by atoms with Crippen molar-refractivity contribution in [3.8, 4) is 0 Å². The van der Waals surface area contributed by atoms with Crippen molar-refractivity contribution < 1.29 is 8.78 Å². The van der Waals surface area contributed by atoms with Gasteiger partial charge in [-0.1, -0.05) is 0 Å². The number of nitrogens with zero attached hydrogens (tertiary/aromatic N) is 1. The monoisotopic (exact) mass is 455 g/mol. The predicted octanol–water partition coefficient (Wildman–Crippen LogP) is 3.58. The molecule has 1 unspecified atom stereocenters. The molecule has 2 rings (SSSR count). The van der Waals surface area contributed by atoms with E-state index in [0.29, 0.717) is 24.6 Å². The number of hydrogen-bond acceptors (Lipinski definition) is 2. The zero-order chi connectivity index (χ0) is 15.8. The molecule has 0 radical (unpaired) electrons. The van der Waals surface area contributed by atoms with E-state index in [0.717, 1.165) is 36.8 Å². The van der Waals surface area contributed by atoms with Gasteiger partial charge in [0.05, 0.1) is 0 Å². The summed E-state index contributed by atoms with van der Waals surface area (Å²) in [4.78, 5) is 4.47. The maximum atomic E-state index is 13.6. The van der Waals surface area contributed by atoms with Gasteiger partial charge in [-0.2, -0.15) is 11.8 Å². The van der Waals surface area contributed by atoms with Crippen LogP contribution < -0.4 is 10.6 Å². The van der Waals surface area contributed by atoms with Gasteiger partial charge in [0.1, 0.15) is 11.6 Å². The van der Waals surface area contributed by atoms with Crippen LogP contribution in [0.4, 0.5) is 8.78 Å². The fourth-order valence-corrected chi connectivity index (χ4v) is 3.46. The second-order valence-corrected chi connectivity index (χ2v) is 6.45. The summed E-state index contributed by atoms with van der Waals surface area (Å²) in [5.41, 5.74) is 0.368. The van der Waals surface area contributed by atoms with E-state index < -0.39 is 5.82 Å². The standard InChI is InChI=1S/C16H23F2N3S.HI/c1-2-19-16(21-14-4-3-9-22-11-14)20-8-7-12-10-13(17)5-6-15(12)18;/h5-6,10,14H,2-4,7-9,11H2,1H3,(H2,19,20,21);1H. The molecule has 0 saturated carbocycles. The van der Waals surface area contributed by atoms with Gasteiger partial charge >= 0.3 is 0 Å². The van der Waals surface area contributed by atoms with E-state index in [2.05, 4.69) is 15.6 Å². The summed E-state index contributed by atoms with van der Waals surface area (Å²) in [5, 5.41) is 6.62. The van der Waals surface area contributed by atoms with Crippen LogP contribution in [-0.4, -0.2) is 36.6 Å². The Labute approximate surface area is 158 Å². The average molecular weight is 455 g/mol. The first-order valence-electron chi connectivity index (χ1n) is 7.75. The molecule has 1 aromatic carbocycles. The topological polar surface area (TPSA) is 36.4 Å². The maximum Gasteiger partial charge on any atom is 0.191 e. The summed E-state index contributed by atoms with van der Waals surface area (Å²) < 4.78 is 26.7. The van der Waals surface area contributed by atoms with Crippen molar-refractivity contribution in [2.75, 3.05) is 24.6 Å². The third-order valence-electron chi connectivity index (χ3n) is 3.50. The number of benzene rings is 1. The van der Waals surface area contributed by atoms with E-state index in [1.54, 1.807) is 0 Å². The largest absolute Gasteiger partial charge is 0.357 e. The van der Waals surface area contributed by atoms with Crippen LogP contribution in [0.1, 0.15) is 25.3 Å². The first-order chi connectivity index (χ1) is 10.7. The molecule has 0 amide bonds. The van der Waals surface area contributed by atoms with Gasteiger partial charge in [0, 0.05) is 24.9 Å². The molecule has 23 heavy (non-hydrogen) atoms. The number of rotatable bonds is 5. The van der Waals surface area contributed by atoms with Crippen molar-refractivity contribution in [1.82, 2.24) is 10.6 Å². The Morgan fingerprint density at radius 2 is 2.22 bits per heavy atom. The fourth-order valence-electron chi connectivity index (χ4n) is 2.39. The second-order valence-electron chi connectivity index (χ2n) is 5.30. The van der Waals surface area contributed by atoms with Crippen LogP contribution in [-0.2, 0) is 6.42 Å². The van der Waals surface area contributed by atoms with E-state index in [-0.39, 0.29) is 29.8 Å². The quantitative estimate of drug-likeness (QED) is 0.405. The van der Waals surface area contributed by atoms with Gasteiger partial charge in [0.15, 0.2) is 5.96 Å². The highest BCUT2D eigenvalue weighted by Gasteiger charge is 2.14. The van der Waals surface area contributed by atoms with Crippen LogP contribution in [0.25, 0.3) is 0 Å². The Morgan fingerprint density at radius 1 is 1.39 bits per heavy atom. The zero-order valence-electron chi connectivity index (χ0n) is 13.3. The van der Waals surface area contributed by atoms with E-state index in [9.17, 15) is 8.78 Å². The maximum absolute atomic E-state index is 13.6. The van der Waals surface area contributed by atoms with Gasteiger partial charge in [-0.15, -0.1) is 24.0 Å². The number of thioether (sulfide) groups is 1. The summed E-state index contributed by atoms with van der Waals surface area (Å²) in [6, 6.07) is 3.97. The molecule has 1 fully saturated rings. The molecule has 7 heteroatoms. The molecule has 0 spiro atoms. The van der Waals surface area contributed by atoms with E-state index >= 15 is 0 Å². The number of nitrogens with one attached hydrogen (secondary N) is 2. The molecule has 1 aliphatic heterocycles. The minimum atomic E-state index is -0.412. The Morgan fingerprint density at radius 3 is 2.91 bits per heavy atom. The molecule has 0 aliphatic carbocycles. The third kappa shape index (κ3) is 7.24. The van der Waals surface area contributed by atoms with Gasteiger partial charge < -0.3 is 10.6 Å². The van der Waals surface area contributed by atoms with Crippen molar-refractivity contribution in [3.63, 3.8) is 0 Å². The molecule has 130 valence electrons. The molecule has 0 aromatic heterocycles. The van der Waals surface area contributed by atoms with E-state index in [4.69, 9.17) is 0 Å². The molecule has 1 atom stereocenters. The summed E-state index contributed by atoms with van der Waals surface area (Å²) in [7, 11) is 0. The molecule has 2 N–H and O–H groups in total. The van der Waals surface area contributed by atoms with Crippen LogP contribution >= 0.6 is 35.7 Å². The summed E-state index contributed by atoms with van der Waals surface area (Å²) in [5.74, 6) is 2.28. The second kappa shape index (κ2) is 11.1. The van der Waals surface area contributed by atoms with Gasteiger partial charge in [0.2, 0.25) is 0 Å². The van der Waals surface area contributed by atoms with Gasteiger partial charge in [0.25, 0.3) is 0 Å². The minimum absolute atomic E-state index is 0. The summed E-state index contributed by atoms with van der Waals surface area (Å²) in [6.45, 7) is 3.22. The molecule has 1 saturated heterocycles. The van der Waals surface area contributed by atoms with Crippen LogP contribution in [0.3, 0.4) is 0 Å². The SMILES string of the molecule is CCNC(=NCCc1cc(F)ccc1F)NC1CCCSC1.I. The Hall–Kier alpha value is -0.570. The van der Waals surface area contributed by atoms with Crippen molar-refractivity contribution in [1.29, 1.82) is 0 Å². The highest BCUT2D eigenvalue weighted by Crippen LogP contribution is 2.16. The van der Waals surface area contributed by atoms with Crippen molar-refractivity contribution in [2.45, 2.75) is 32.2 Å².